The third-order valence-corrected chi connectivity index (χ3v) is 2.84. The normalized spacial score (nSPS) is 10.4. The van der Waals surface area contributed by atoms with Gasteiger partial charge in [0.05, 0.1) is 0 Å². The third kappa shape index (κ3) is 3.04. The van der Waals surface area contributed by atoms with Crippen molar-refractivity contribution < 1.29 is 4.79 Å². The number of allylic oxidation sites excluding steroid dienone is 1. The highest BCUT2D eigenvalue weighted by atomic mass is 16.1. The van der Waals surface area contributed by atoms with E-state index in [2.05, 4.69) is 30.8 Å². The first-order chi connectivity index (χ1) is 8.29. The highest BCUT2D eigenvalue weighted by molar-refractivity contribution is 5.86. The van der Waals surface area contributed by atoms with Gasteiger partial charge in [0.15, 0.2) is 0 Å². The van der Waals surface area contributed by atoms with Gasteiger partial charge in [-0.25, -0.2) is 0 Å². The van der Waals surface area contributed by atoms with Gasteiger partial charge in [-0.15, -0.1) is 6.58 Å². The fraction of sp³-hybridized carbons (Fsp3) is 0.188. The quantitative estimate of drug-likeness (QED) is 0.703. The molecule has 1 heteroatoms. The number of hydrogen-bond acceptors (Lipinski definition) is 1. The van der Waals surface area contributed by atoms with E-state index in [0.717, 1.165) is 12.0 Å². The molecule has 0 radical (unpaired) electrons. The highest BCUT2D eigenvalue weighted by Crippen LogP contribution is 2.16. The van der Waals surface area contributed by atoms with Crippen LogP contribution in [0.5, 0.6) is 0 Å². The number of rotatable bonds is 5. The lowest BCUT2D eigenvalue weighted by atomic mass is 10.0. The second-order valence-electron chi connectivity index (χ2n) is 4.22. The number of carbonyl (C=O) groups is 1. The van der Waals surface area contributed by atoms with Crippen molar-refractivity contribution in [2.24, 2.45) is 0 Å². The predicted molar refractivity (Wildman–Crippen MR) is 72.1 cm³/mol. The second-order valence-corrected chi connectivity index (χ2v) is 4.22. The Balaban J connectivity index is 2.13. The van der Waals surface area contributed by atoms with E-state index < -0.39 is 0 Å². The zero-order valence-corrected chi connectivity index (χ0v) is 9.86. The monoisotopic (exact) mass is 224 g/mol. The molecule has 0 aliphatic heterocycles. The molecule has 0 atom stereocenters. The second kappa shape index (κ2) is 5.44. The van der Waals surface area contributed by atoms with Gasteiger partial charge in [-0.3, -0.25) is 4.79 Å². The number of fused-ring (bicyclic) bond motifs is 1. The van der Waals surface area contributed by atoms with Crippen LogP contribution in [0.15, 0.2) is 55.1 Å². The highest BCUT2D eigenvalue weighted by Gasteiger charge is 2.03. The molecule has 0 aliphatic carbocycles. The Morgan fingerprint density at radius 3 is 2.65 bits per heavy atom. The summed E-state index contributed by atoms with van der Waals surface area (Å²) < 4.78 is 0. The van der Waals surface area contributed by atoms with Crippen molar-refractivity contribution in [3.63, 3.8) is 0 Å². The van der Waals surface area contributed by atoms with Gasteiger partial charge in [-0.2, -0.15) is 0 Å². The summed E-state index contributed by atoms with van der Waals surface area (Å²) in [6, 6.07) is 14.4. The first kappa shape index (κ1) is 11.6. The van der Waals surface area contributed by atoms with Crippen molar-refractivity contribution in [2.45, 2.75) is 19.3 Å². The third-order valence-electron chi connectivity index (χ3n) is 2.84. The topological polar surface area (TPSA) is 17.1 Å². The summed E-state index contributed by atoms with van der Waals surface area (Å²) in [5.41, 5.74) is 1.10. The van der Waals surface area contributed by atoms with Crippen LogP contribution in [-0.4, -0.2) is 5.78 Å². The zero-order chi connectivity index (χ0) is 12.1. The molecule has 0 saturated carbocycles. The maximum atomic E-state index is 11.7. The van der Waals surface area contributed by atoms with E-state index >= 15 is 0 Å². The predicted octanol–water partition coefficient (Wildman–Crippen LogP) is 3.92. The minimum atomic E-state index is 0.278. The van der Waals surface area contributed by atoms with Crippen LogP contribution in [0, 0.1) is 0 Å². The van der Waals surface area contributed by atoms with Crippen LogP contribution in [0.1, 0.15) is 18.4 Å². The van der Waals surface area contributed by atoms with E-state index in [4.69, 9.17) is 0 Å². The van der Waals surface area contributed by atoms with Crippen LogP contribution in [-0.2, 0) is 11.2 Å². The van der Waals surface area contributed by atoms with E-state index in [9.17, 15) is 4.79 Å². The lowest BCUT2D eigenvalue weighted by molar-refractivity contribution is -0.118. The Labute approximate surface area is 102 Å². The molecular formula is C16H16O. The van der Waals surface area contributed by atoms with Crippen LogP contribution >= 0.6 is 0 Å². The maximum absolute atomic E-state index is 11.7. The molecule has 2 aromatic carbocycles. The van der Waals surface area contributed by atoms with Gasteiger partial charge in [-0.1, -0.05) is 48.5 Å². The Morgan fingerprint density at radius 2 is 1.88 bits per heavy atom. The molecule has 2 aromatic rings. The number of hydrogen-bond donors (Lipinski definition) is 0. The average Bonchev–Trinajstić information content (AvgIpc) is 2.36. The van der Waals surface area contributed by atoms with E-state index in [-0.39, 0.29) is 5.78 Å². The van der Waals surface area contributed by atoms with Gasteiger partial charge in [0, 0.05) is 12.8 Å². The molecule has 0 fully saturated rings. The summed E-state index contributed by atoms with van der Waals surface area (Å²) >= 11 is 0. The molecule has 0 aliphatic rings. The minimum absolute atomic E-state index is 0.278. The van der Waals surface area contributed by atoms with Gasteiger partial charge in [0.1, 0.15) is 5.78 Å². The van der Waals surface area contributed by atoms with E-state index in [0.29, 0.717) is 12.8 Å². The SMILES string of the molecule is C=CCCC(=O)Cc1ccc2ccccc2c1. The molecule has 0 saturated heterocycles. The van der Waals surface area contributed by atoms with E-state index in [1.165, 1.54) is 10.8 Å². The van der Waals surface area contributed by atoms with Gasteiger partial charge in [0.2, 0.25) is 0 Å². The fourth-order valence-corrected chi connectivity index (χ4v) is 1.93. The molecule has 0 bridgehead atoms. The van der Waals surface area contributed by atoms with Crippen molar-refractivity contribution in [1.82, 2.24) is 0 Å². The van der Waals surface area contributed by atoms with Crippen LogP contribution < -0.4 is 0 Å². The summed E-state index contributed by atoms with van der Waals surface area (Å²) in [4.78, 5) is 11.7. The minimum Gasteiger partial charge on any atom is -0.299 e. The van der Waals surface area contributed by atoms with Gasteiger partial charge in [-0.05, 0) is 22.8 Å². The van der Waals surface area contributed by atoms with Crippen molar-refractivity contribution in [1.29, 1.82) is 0 Å². The average molecular weight is 224 g/mol. The maximum Gasteiger partial charge on any atom is 0.137 e. The number of benzene rings is 2. The van der Waals surface area contributed by atoms with Crippen molar-refractivity contribution in [2.75, 3.05) is 0 Å². The fourth-order valence-electron chi connectivity index (χ4n) is 1.93. The standard InChI is InChI=1S/C16H16O/c1-2-3-8-16(17)12-13-9-10-14-6-4-5-7-15(14)11-13/h2,4-7,9-11H,1,3,8,12H2. The zero-order valence-electron chi connectivity index (χ0n) is 9.86. The molecule has 0 unspecified atom stereocenters. The van der Waals surface area contributed by atoms with Crippen LogP contribution in [0.2, 0.25) is 0 Å². The molecule has 0 aromatic heterocycles. The number of ketones is 1. The summed E-state index contributed by atoms with van der Waals surface area (Å²) in [5.74, 6) is 0.278. The van der Waals surface area contributed by atoms with Crippen molar-refractivity contribution >= 4 is 16.6 Å². The van der Waals surface area contributed by atoms with Crippen molar-refractivity contribution in [3.8, 4) is 0 Å². The summed E-state index contributed by atoms with van der Waals surface area (Å²) in [7, 11) is 0. The molecule has 1 nitrogen and oxygen atoms in total. The summed E-state index contributed by atoms with van der Waals surface area (Å²) in [5, 5.41) is 2.41. The van der Waals surface area contributed by atoms with Crippen LogP contribution in [0.25, 0.3) is 10.8 Å². The van der Waals surface area contributed by atoms with Gasteiger partial charge >= 0.3 is 0 Å². The van der Waals surface area contributed by atoms with Crippen LogP contribution in [0.4, 0.5) is 0 Å². The Morgan fingerprint density at radius 1 is 1.12 bits per heavy atom. The van der Waals surface area contributed by atoms with Gasteiger partial charge in [0.25, 0.3) is 0 Å². The first-order valence-electron chi connectivity index (χ1n) is 5.90. The van der Waals surface area contributed by atoms with Gasteiger partial charge < -0.3 is 0 Å². The van der Waals surface area contributed by atoms with E-state index in [1.807, 2.05) is 18.2 Å². The smallest absolute Gasteiger partial charge is 0.137 e. The molecule has 86 valence electrons. The molecule has 0 N–H and O–H groups in total. The van der Waals surface area contributed by atoms with Crippen LogP contribution in [0.3, 0.4) is 0 Å². The lowest BCUT2D eigenvalue weighted by Crippen LogP contribution is -2.01. The number of Topliss-reactive ketones (excluding diaryl/α,β-unsaturated/α-hetero) is 1. The Hall–Kier alpha value is -1.89. The first-order valence-corrected chi connectivity index (χ1v) is 5.90. The molecule has 0 heterocycles. The molecular weight excluding hydrogens is 208 g/mol. The molecule has 2 rings (SSSR count). The summed E-state index contributed by atoms with van der Waals surface area (Å²) in [6.07, 6.45) is 3.68. The largest absolute Gasteiger partial charge is 0.299 e. The molecule has 0 amide bonds. The number of carbonyl (C=O) groups excluding carboxylic acids is 1. The van der Waals surface area contributed by atoms with E-state index in [1.54, 1.807) is 6.08 Å². The Bertz CT molecular complexity index is 540. The lowest BCUT2D eigenvalue weighted by Gasteiger charge is -2.03. The summed E-state index contributed by atoms with van der Waals surface area (Å²) in [6.45, 7) is 3.63. The molecule has 17 heavy (non-hydrogen) atoms. The van der Waals surface area contributed by atoms with Crippen molar-refractivity contribution in [3.05, 3.63) is 60.7 Å². The Kier molecular flexibility index (Phi) is 3.71. The molecule has 0 spiro atoms.